The normalized spacial score (nSPS) is 11.6. The highest BCUT2D eigenvalue weighted by Crippen LogP contribution is 2.32. The van der Waals surface area contributed by atoms with Crippen LogP contribution < -0.4 is 0 Å². The number of hydrogen-bond donors (Lipinski definition) is 0. The molecule has 0 saturated heterocycles. The zero-order valence-electron chi connectivity index (χ0n) is 9.76. The van der Waals surface area contributed by atoms with Crippen LogP contribution >= 0.6 is 0 Å². The lowest BCUT2D eigenvalue weighted by Crippen LogP contribution is -2.12. The molecule has 0 bridgehead atoms. The Morgan fingerprint density at radius 3 is 2.60 bits per heavy atom. The number of hydrogen-bond acceptors (Lipinski definition) is 3. The van der Waals surface area contributed by atoms with Crippen LogP contribution in [0.25, 0.3) is 0 Å². The van der Waals surface area contributed by atoms with Gasteiger partial charge in [-0.1, -0.05) is 0 Å². The van der Waals surface area contributed by atoms with E-state index in [2.05, 4.69) is 5.10 Å². The average Bonchev–Trinajstić information content (AvgIpc) is 2.76. The molecule has 0 N–H and O–H groups in total. The van der Waals surface area contributed by atoms with E-state index in [1.165, 1.54) is 0 Å². The zero-order valence-corrected chi connectivity index (χ0v) is 9.76. The molecule has 2 aromatic rings. The van der Waals surface area contributed by atoms with Crippen molar-refractivity contribution in [2.24, 2.45) is 0 Å². The summed E-state index contributed by atoms with van der Waals surface area (Å²) in [4.78, 5) is 9.74. The minimum absolute atomic E-state index is 0.351. The molecule has 0 saturated carbocycles. The molecule has 1 aromatic heterocycles. The van der Waals surface area contributed by atoms with Gasteiger partial charge in [-0.3, -0.25) is 14.8 Å². The van der Waals surface area contributed by atoms with E-state index in [1.54, 1.807) is 0 Å². The highest BCUT2D eigenvalue weighted by atomic mass is 19.4. The second-order valence-electron chi connectivity index (χ2n) is 3.95. The van der Waals surface area contributed by atoms with Crippen molar-refractivity contribution < 1.29 is 22.5 Å². The Balaban J connectivity index is 2.36. The molecule has 5 nitrogen and oxygen atoms in total. The van der Waals surface area contributed by atoms with Crippen molar-refractivity contribution in [3.05, 3.63) is 57.7 Å². The molecular weight excluding hydrogens is 282 g/mol. The third-order valence-electron chi connectivity index (χ3n) is 2.54. The number of nitrogens with zero attached hydrogens (tertiary/aromatic N) is 3. The molecule has 0 amide bonds. The van der Waals surface area contributed by atoms with Gasteiger partial charge in [0, 0.05) is 0 Å². The highest BCUT2D eigenvalue weighted by Gasteiger charge is 2.33. The topological polar surface area (TPSA) is 61.0 Å². The minimum atomic E-state index is -4.64. The van der Waals surface area contributed by atoms with Gasteiger partial charge in [0.05, 0.1) is 17.0 Å². The molecule has 2 rings (SSSR count). The summed E-state index contributed by atoms with van der Waals surface area (Å²) in [7, 11) is 0. The van der Waals surface area contributed by atoms with Gasteiger partial charge >= 0.3 is 11.9 Å². The molecule has 0 unspecified atom stereocenters. The van der Waals surface area contributed by atoms with Crippen LogP contribution in [0.4, 0.5) is 23.2 Å². The van der Waals surface area contributed by atoms with Crippen molar-refractivity contribution in [2.45, 2.75) is 12.7 Å². The molecule has 0 atom stereocenters. The van der Waals surface area contributed by atoms with Crippen molar-refractivity contribution in [2.75, 3.05) is 0 Å². The van der Waals surface area contributed by atoms with Gasteiger partial charge in [0.15, 0.2) is 0 Å². The Bertz CT molecular complexity index is 651. The van der Waals surface area contributed by atoms with Gasteiger partial charge in [0.25, 0.3) is 0 Å². The standard InChI is InChI=1S/C11H7F4N3O2/c12-8-1-2-10(11(13,14)15)7(3-8)5-17-6-9(4-16-17)18(19)20/h1-4,6H,5H2. The van der Waals surface area contributed by atoms with E-state index in [-0.39, 0.29) is 11.3 Å². The summed E-state index contributed by atoms with van der Waals surface area (Å²) < 4.78 is 52.3. The fraction of sp³-hybridized carbons (Fsp3) is 0.182. The first-order chi connectivity index (χ1) is 9.27. The number of nitro groups is 1. The van der Waals surface area contributed by atoms with Crippen LogP contribution in [-0.2, 0) is 12.7 Å². The average molecular weight is 289 g/mol. The van der Waals surface area contributed by atoms with Gasteiger partial charge in [0.1, 0.15) is 18.2 Å². The summed E-state index contributed by atoms with van der Waals surface area (Å²) >= 11 is 0. The maximum Gasteiger partial charge on any atom is 0.416 e. The zero-order chi connectivity index (χ0) is 14.9. The molecular formula is C11H7F4N3O2. The van der Waals surface area contributed by atoms with Crippen molar-refractivity contribution in [3.8, 4) is 0 Å². The van der Waals surface area contributed by atoms with Crippen LogP contribution in [-0.4, -0.2) is 14.7 Å². The minimum Gasteiger partial charge on any atom is -0.261 e. The highest BCUT2D eigenvalue weighted by molar-refractivity contribution is 5.31. The summed E-state index contributed by atoms with van der Waals surface area (Å²) in [5, 5.41) is 14.0. The van der Waals surface area contributed by atoms with Crippen LogP contribution in [0.1, 0.15) is 11.1 Å². The van der Waals surface area contributed by atoms with Crippen LogP contribution in [0.5, 0.6) is 0 Å². The second kappa shape index (κ2) is 4.91. The Morgan fingerprint density at radius 2 is 2.05 bits per heavy atom. The van der Waals surface area contributed by atoms with E-state index in [0.29, 0.717) is 12.1 Å². The third-order valence-corrected chi connectivity index (χ3v) is 2.54. The predicted molar refractivity (Wildman–Crippen MR) is 59.4 cm³/mol. The summed E-state index contributed by atoms with van der Waals surface area (Å²) in [5.41, 5.74) is -1.71. The third kappa shape index (κ3) is 2.92. The van der Waals surface area contributed by atoms with Gasteiger partial charge in [-0.05, 0) is 23.8 Å². The second-order valence-corrected chi connectivity index (χ2v) is 3.95. The van der Waals surface area contributed by atoms with E-state index < -0.39 is 29.0 Å². The maximum absolute atomic E-state index is 13.1. The molecule has 20 heavy (non-hydrogen) atoms. The van der Waals surface area contributed by atoms with Gasteiger partial charge in [-0.25, -0.2) is 4.39 Å². The van der Waals surface area contributed by atoms with Crippen LogP contribution in [0, 0.1) is 15.9 Å². The molecule has 0 aliphatic rings. The molecule has 0 spiro atoms. The monoisotopic (exact) mass is 289 g/mol. The van der Waals surface area contributed by atoms with E-state index in [1.807, 2.05) is 0 Å². The van der Waals surface area contributed by atoms with E-state index in [0.717, 1.165) is 23.1 Å². The quantitative estimate of drug-likeness (QED) is 0.496. The van der Waals surface area contributed by atoms with Crippen molar-refractivity contribution in [3.63, 3.8) is 0 Å². The molecule has 9 heteroatoms. The fourth-order valence-corrected chi connectivity index (χ4v) is 1.68. The van der Waals surface area contributed by atoms with Gasteiger partial charge < -0.3 is 0 Å². The lowest BCUT2D eigenvalue weighted by molar-refractivity contribution is -0.385. The number of rotatable bonds is 3. The Labute approximate surface area is 109 Å². The van der Waals surface area contributed by atoms with E-state index in [9.17, 15) is 27.7 Å². The van der Waals surface area contributed by atoms with Crippen molar-refractivity contribution >= 4 is 5.69 Å². The molecule has 0 aliphatic carbocycles. The summed E-state index contributed by atoms with van der Waals surface area (Å²) in [6.07, 6.45) is -2.75. The lowest BCUT2D eigenvalue weighted by atomic mass is 10.1. The van der Waals surface area contributed by atoms with Gasteiger partial charge in [-0.15, -0.1) is 0 Å². The van der Waals surface area contributed by atoms with E-state index >= 15 is 0 Å². The first-order valence-corrected chi connectivity index (χ1v) is 5.30. The molecule has 0 aliphatic heterocycles. The van der Waals surface area contributed by atoms with Gasteiger partial charge in [-0.2, -0.15) is 18.3 Å². The predicted octanol–water partition coefficient (Wildman–Crippen LogP) is 3.00. The lowest BCUT2D eigenvalue weighted by Gasteiger charge is -2.12. The number of aromatic nitrogens is 2. The smallest absolute Gasteiger partial charge is 0.261 e. The summed E-state index contributed by atoms with van der Waals surface area (Å²) in [6, 6.07) is 2.07. The maximum atomic E-state index is 13.1. The van der Waals surface area contributed by atoms with E-state index in [4.69, 9.17) is 0 Å². The SMILES string of the molecule is O=[N+]([O-])c1cnn(Cc2cc(F)ccc2C(F)(F)F)c1. The largest absolute Gasteiger partial charge is 0.416 e. The fourth-order valence-electron chi connectivity index (χ4n) is 1.68. The molecule has 0 radical (unpaired) electrons. The summed E-state index contributed by atoms with van der Waals surface area (Å²) in [6.45, 7) is -0.416. The first kappa shape index (κ1) is 14.0. The number of alkyl halides is 3. The molecule has 106 valence electrons. The molecule has 1 aromatic carbocycles. The Hall–Kier alpha value is -2.45. The van der Waals surface area contributed by atoms with Crippen molar-refractivity contribution in [1.82, 2.24) is 9.78 Å². The number of halogens is 4. The Kier molecular flexibility index (Phi) is 3.43. The van der Waals surface area contributed by atoms with Crippen molar-refractivity contribution in [1.29, 1.82) is 0 Å². The van der Waals surface area contributed by atoms with Gasteiger partial charge in [0.2, 0.25) is 0 Å². The molecule has 1 heterocycles. The molecule has 0 fully saturated rings. The van der Waals surface area contributed by atoms with Crippen LogP contribution in [0.2, 0.25) is 0 Å². The number of benzene rings is 1. The first-order valence-electron chi connectivity index (χ1n) is 5.30. The summed E-state index contributed by atoms with van der Waals surface area (Å²) in [5.74, 6) is -0.824. The Morgan fingerprint density at radius 1 is 1.35 bits per heavy atom. The van der Waals surface area contributed by atoms with Crippen LogP contribution in [0.15, 0.2) is 30.6 Å². The van der Waals surface area contributed by atoms with Crippen LogP contribution in [0.3, 0.4) is 0 Å².